The van der Waals surface area contributed by atoms with Crippen molar-refractivity contribution in [1.82, 2.24) is 5.32 Å². The number of carbonyl (C=O) groups is 3. The second-order valence-corrected chi connectivity index (χ2v) is 8.11. The fraction of sp³-hybridized carbons (Fsp3) is 0.375. The summed E-state index contributed by atoms with van der Waals surface area (Å²) in [4.78, 5) is 46.5. The number of hydrogen-bond acceptors (Lipinski definition) is 7. The minimum atomic E-state index is -0.941. The van der Waals surface area contributed by atoms with Crippen molar-refractivity contribution < 1.29 is 28.8 Å². The average molecular weight is 456 g/mol. The molecule has 0 unspecified atom stereocenters. The fourth-order valence-corrected chi connectivity index (χ4v) is 2.74. The molecule has 0 aliphatic carbocycles. The summed E-state index contributed by atoms with van der Waals surface area (Å²) in [6.45, 7) is 7.38. The Labute approximate surface area is 192 Å². The SMILES string of the molecule is CC(C)[C@H](C)C(=O)N[C@@H](C)C(=O)Cc1ccc(COC(=O)Oc2ccc([N+](=O)[O-])cc2)cc1. The Morgan fingerprint density at radius 3 is 2.06 bits per heavy atom. The molecule has 1 amide bonds. The highest BCUT2D eigenvalue weighted by Crippen LogP contribution is 2.18. The molecule has 0 saturated carbocycles. The van der Waals surface area contributed by atoms with Crippen LogP contribution in [0.1, 0.15) is 38.8 Å². The van der Waals surface area contributed by atoms with E-state index < -0.39 is 17.1 Å². The Morgan fingerprint density at radius 2 is 1.52 bits per heavy atom. The van der Waals surface area contributed by atoms with Crippen molar-refractivity contribution in [3.05, 3.63) is 69.8 Å². The lowest BCUT2D eigenvalue weighted by molar-refractivity contribution is -0.384. The van der Waals surface area contributed by atoms with E-state index in [1.165, 1.54) is 24.3 Å². The van der Waals surface area contributed by atoms with Crippen LogP contribution < -0.4 is 10.1 Å². The zero-order chi connectivity index (χ0) is 24.5. The highest BCUT2D eigenvalue weighted by molar-refractivity contribution is 5.90. The van der Waals surface area contributed by atoms with E-state index >= 15 is 0 Å². The number of carbonyl (C=O) groups excluding carboxylic acids is 3. The van der Waals surface area contributed by atoms with Crippen molar-refractivity contribution in [3.63, 3.8) is 0 Å². The maximum atomic E-state index is 12.4. The van der Waals surface area contributed by atoms with E-state index in [0.717, 1.165) is 5.56 Å². The molecule has 2 atom stereocenters. The van der Waals surface area contributed by atoms with Gasteiger partial charge >= 0.3 is 6.16 Å². The smallest absolute Gasteiger partial charge is 0.429 e. The molecule has 2 aromatic rings. The second-order valence-electron chi connectivity index (χ2n) is 8.11. The first-order valence-corrected chi connectivity index (χ1v) is 10.6. The summed E-state index contributed by atoms with van der Waals surface area (Å²) >= 11 is 0. The number of ether oxygens (including phenoxy) is 2. The van der Waals surface area contributed by atoms with E-state index in [-0.39, 0.29) is 48.0 Å². The van der Waals surface area contributed by atoms with E-state index in [4.69, 9.17) is 9.47 Å². The number of benzene rings is 2. The van der Waals surface area contributed by atoms with Crippen molar-refractivity contribution in [2.45, 2.75) is 46.8 Å². The zero-order valence-electron chi connectivity index (χ0n) is 19.1. The minimum Gasteiger partial charge on any atom is -0.429 e. The summed E-state index contributed by atoms with van der Waals surface area (Å²) in [5, 5.41) is 13.4. The molecule has 0 heterocycles. The van der Waals surface area contributed by atoms with Crippen molar-refractivity contribution >= 4 is 23.5 Å². The van der Waals surface area contributed by atoms with Crippen LogP contribution in [0, 0.1) is 22.0 Å². The molecule has 0 spiro atoms. The van der Waals surface area contributed by atoms with Gasteiger partial charge < -0.3 is 14.8 Å². The Morgan fingerprint density at radius 1 is 0.939 bits per heavy atom. The van der Waals surface area contributed by atoms with Gasteiger partial charge in [0.05, 0.1) is 11.0 Å². The van der Waals surface area contributed by atoms with Gasteiger partial charge in [-0.1, -0.05) is 45.0 Å². The van der Waals surface area contributed by atoms with Crippen LogP contribution >= 0.6 is 0 Å². The molecule has 0 radical (unpaired) electrons. The number of nitro groups is 1. The summed E-state index contributed by atoms with van der Waals surface area (Å²) in [5.41, 5.74) is 1.35. The third-order valence-electron chi connectivity index (χ3n) is 5.26. The van der Waals surface area contributed by atoms with Crippen LogP contribution in [0.5, 0.6) is 5.75 Å². The van der Waals surface area contributed by atoms with Crippen LogP contribution in [0.4, 0.5) is 10.5 Å². The summed E-state index contributed by atoms with van der Waals surface area (Å²) in [7, 11) is 0. The van der Waals surface area contributed by atoms with Crippen LogP contribution in [-0.4, -0.2) is 28.8 Å². The maximum Gasteiger partial charge on any atom is 0.514 e. The van der Waals surface area contributed by atoms with Crippen LogP contribution in [0.3, 0.4) is 0 Å². The first-order valence-electron chi connectivity index (χ1n) is 10.6. The molecule has 33 heavy (non-hydrogen) atoms. The van der Waals surface area contributed by atoms with Gasteiger partial charge in [0.2, 0.25) is 5.91 Å². The third-order valence-corrected chi connectivity index (χ3v) is 5.26. The molecule has 176 valence electrons. The van der Waals surface area contributed by atoms with E-state index in [1.807, 2.05) is 20.8 Å². The largest absolute Gasteiger partial charge is 0.514 e. The molecule has 0 aliphatic heterocycles. The fourth-order valence-electron chi connectivity index (χ4n) is 2.74. The Bertz CT molecular complexity index is 985. The van der Waals surface area contributed by atoms with Crippen molar-refractivity contribution in [3.8, 4) is 5.75 Å². The molecule has 0 aromatic heterocycles. The van der Waals surface area contributed by atoms with E-state index in [0.29, 0.717) is 5.56 Å². The van der Waals surface area contributed by atoms with E-state index in [9.17, 15) is 24.5 Å². The third kappa shape index (κ3) is 8.03. The molecule has 0 bridgehead atoms. The maximum absolute atomic E-state index is 12.4. The van der Waals surface area contributed by atoms with Crippen molar-refractivity contribution in [1.29, 1.82) is 0 Å². The highest BCUT2D eigenvalue weighted by atomic mass is 16.7. The zero-order valence-corrected chi connectivity index (χ0v) is 19.1. The predicted molar refractivity (Wildman–Crippen MR) is 121 cm³/mol. The van der Waals surface area contributed by atoms with Crippen LogP contribution in [-0.2, 0) is 27.4 Å². The number of non-ortho nitro benzene ring substituents is 1. The number of hydrogen-bond donors (Lipinski definition) is 1. The Hall–Kier alpha value is -3.75. The van der Waals surface area contributed by atoms with Gasteiger partial charge in [-0.05, 0) is 36.1 Å². The Kier molecular flexibility index (Phi) is 9.08. The minimum absolute atomic E-state index is 0.0421. The molecule has 0 aliphatic rings. The van der Waals surface area contributed by atoms with Crippen LogP contribution in [0.25, 0.3) is 0 Å². The topological polar surface area (TPSA) is 125 Å². The molecule has 2 rings (SSSR count). The number of amides is 1. The summed E-state index contributed by atoms with van der Waals surface area (Å²) in [5.74, 6) is -0.0995. The van der Waals surface area contributed by atoms with E-state index in [2.05, 4.69) is 5.32 Å². The standard InChI is InChI=1S/C24H28N2O7/c1-15(2)16(3)23(28)25-17(4)22(27)13-18-5-7-19(8-6-18)14-32-24(29)33-21-11-9-20(10-12-21)26(30)31/h5-12,15-17H,13-14H2,1-4H3,(H,25,28)/t16-,17-/m0/s1. The summed E-state index contributed by atoms with van der Waals surface area (Å²) < 4.78 is 10.0. The lowest BCUT2D eigenvalue weighted by atomic mass is 9.96. The first kappa shape index (κ1) is 25.5. The number of nitro benzene ring substituents is 1. The predicted octanol–water partition coefficient (Wildman–Crippen LogP) is 4.22. The van der Waals surface area contributed by atoms with Gasteiger partial charge in [-0.3, -0.25) is 19.7 Å². The molecule has 9 heteroatoms. The number of nitrogens with zero attached hydrogens (tertiary/aromatic N) is 1. The monoisotopic (exact) mass is 456 g/mol. The van der Waals surface area contributed by atoms with Crippen molar-refractivity contribution in [2.75, 3.05) is 0 Å². The molecule has 2 aromatic carbocycles. The highest BCUT2D eigenvalue weighted by Gasteiger charge is 2.21. The number of Topliss-reactive ketones (excluding diaryl/α,β-unsaturated/α-hetero) is 1. The molecule has 1 N–H and O–H groups in total. The van der Waals surface area contributed by atoms with E-state index in [1.54, 1.807) is 31.2 Å². The van der Waals surface area contributed by atoms with Crippen LogP contribution in [0.15, 0.2) is 48.5 Å². The van der Waals surface area contributed by atoms with Gasteiger partial charge in [0.15, 0.2) is 5.78 Å². The lowest BCUT2D eigenvalue weighted by Gasteiger charge is -2.19. The quantitative estimate of drug-likeness (QED) is 0.246. The number of ketones is 1. The number of nitrogens with one attached hydrogen (secondary N) is 1. The first-order chi connectivity index (χ1) is 15.6. The van der Waals surface area contributed by atoms with Gasteiger partial charge in [0.1, 0.15) is 12.4 Å². The van der Waals surface area contributed by atoms with Crippen molar-refractivity contribution in [2.24, 2.45) is 11.8 Å². The molecule has 0 saturated heterocycles. The lowest BCUT2D eigenvalue weighted by Crippen LogP contribution is -2.42. The second kappa shape index (κ2) is 11.8. The number of rotatable bonds is 10. The van der Waals surface area contributed by atoms with Crippen LogP contribution in [0.2, 0.25) is 0 Å². The van der Waals surface area contributed by atoms with Gasteiger partial charge in [-0.25, -0.2) is 4.79 Å². The van der Waals surface area contributed by atoms with Gasteiger partial charge in [0, 0.05) is 24.5 Å². The summed E-state index contributed by atoms with van der Waals surface area (Å²) in [6.07, 6.45) is -0.774. The average Bonchev–Trinajstić information content (AvgIpc) is 2.78. The molecule has 9 nitrogen and oxygen atoms in total. The molecular formula is C24H28N2O7. The molecule has 0 fully saturated rings. The van der Waals surface area contributed by atoms with Gasteiger partial charge in [0.25, 0.3) is 5.69 Å². The Balaban J connectivity index is 1.81. The molecular weight excluding hydrogens is 428 g/mol. The van der Waals surface area contributed by atoms with Gasteiger partial charge in [-0.15, -0.1) is 0 Å². The van der Waals surface area contributed by atoms with Gasteiger partial charge in [-0.2, -0.15) is 0 Å². The summed E-state index contributed by atoms with van der Waals surface area (Å²) in [6, 6.07) is 11.4. The normalized spacial score (nSPS) is 12.5.